The van der Waals surface area contributed by atoms with Gasteiger partial charge in [-0.05, 0) is 313 Å². The van der Waals surface area contributed by atoms with Crippen LogP contribution in [0.4, 0.5) is 0 Å². The molecule has 326 valence electrons. The van der Waals surface area contributed by atoms with Crippen LogP contribution in [0.3, 0.4) is 0 Å². The van der Waals surface area contributed by atoms with E-state index >= 15 is 0 Å². The van der Waals surface area contributed by atoms with Crippen molar-refractivity contribution in [2.75, 3.05) is 0 Å². The average Bonchev–Trinajstić information content (AvgIpc) is 3.27. The third-order valence-electron chi connectivity index (χ3n) is 10.4. The first-order valence-corrected chi connectivity index (χ1v) is 33.4. The minimum atomic E-state index is -1.10. The SMILES string of the molecule is Brc1cc(C(Br)C(c2ccccc2)(c2ccccc2)C(C(Br)c2cc(Br)c(Br)c(Br)c2Br)(C(Br)c2cc(Br)c(Br)c(Br)c2Br)C(Br)c2cc(Br)c(Br)c(Br)c2Br)c(Br)c(Br)c1Br. The van der Waals surface area contributed by atoms with Crippen LogP contribution in [0.2, 0.25) is 0 Å². The van der Waals surface area contributed by atoms with Gasteiger partial charge in [-0.2, -0.15) is 0 Å². The first kappa shape index (κ1) is 56.2. The van der Waals surface area contributed by atoms with Gasteiger partial charge in [0.25, 0.3) is 0 Å². The number of benzene rings is 6. The van der Waals surface area contributed by atoms with E-state index in [0.717, 1.165) is 105 Å². The molecule has 20 heteroatoms. The van der Waals surface area contributed by atoms with E-state index in [2.05, 4.69) is 404 Å². The number of alkyl halides is 4. The lowest BCUT2D eigenvalue weighted by atomic mass is 9.49. The second-order valence-corrected chi connectivity index (χ2v) is 30.1. The van der Waals surface area contributed by atoms with Gasteiger partial charge in [-0.3, -0.25) is 0 Å². The lowest BCUT2D eigenvalue weighted by molar-refractivity contribution is 0.134. The molecule has 0 saturated heterocycles. The molecule has 0 aliphatic carbocycles. The first-order chi connectivity index (χ1) is 29.1. The van der Waals surface area contributed by atoms with E-state index in [1.165, 1.54) is 0 Å². The Hall–Kier alpha value is 4.92. The lowest BCUT2D eigenvalue weighted by Crippen LogP contribution is -2.56. The van der Waals surface area contributed by atoms with Gasteiger partial charge >= 0.3 is 0 Å². The van der Waals surface area contributed by atoms with Gasteiger partial charge in [0.05, 0.1) is 19.3 Å². The Morgan fingerprint density at radius 2 is 0.500 bits per heavy atom. The standard InChI is InChI=1S/C42H18Br20/c43-21-11-17(25(47)33(55)29(21)51)37(59)41(15-7-3-1-4-8-15,16-9-5-2-6-10-16)42(38(60)18-12-22(44)30(52)34(56)26(18)48,39(61)19-13-23(45)31(53)35(57)27(19)49)40(62)20-14-24(46)32(54)36(58)28(20)50/h1-14,37-40H. The third-order valence-corrected chi connectivity index (χ3v) is 34.1. The van der Waals surface area contributed by atoms with E-state index in [1.807, 2.05) is 0 Å². The molecule has 0 aromatic heterocycles. The molecule has 0 radical (unpaired) electrons. The monoisotopic (exact) mass is 2100 g/mol. The quantitative estimate of drug-likeness (QED) is 0.0689. The van der Waals surface area contributed by atoms with Crippen LogP contribution in [0.25, 0.3) is 0 Å². The van der Waals surface area contributed by atoms with E-state index in [4.69, 9.17) is 0 Å². The van der Waals surface area contributed by atoms with Gasteiger partial charge in [-0.15, -0.1) is 0 Å². The minimum Gasteiger partial charge on any atom is -0.0831 e. The number of hydrogen-bond donors (Lipinski definition) is 0. The summed E-state index contributed by atoms with van der Waals surface area (Å²) < 4.78 is 13.9. The molecule has 4 unspecified atom stereocenters. The fraction of sp³-hybridized carbons (Fsp3) is 0.143. The van der Waals surface area contributed by atoms with Crippen molar-refractivity contribution in [2.45, 2.75) is 24.7 Å². The molecule has 6 aromatic rings. The molecule has 0 nitrogen and oxygen atoms in total. The fourth-order valence-corrected chi connectivity index (χ4v) is 24.1. The average molecular weight is 2120 g/mol. The van der Waals surface area contributed by atoms with E-state index in [-0.39, 0.29) is 0 Å². The topological polar surface area (TPSA) is 0 Å². The van der Waals surface area contributed by atoms with E-state index in [0.29, 0.717) is 0 Å². The highest BCUT2D eigenvalue weighted by molar-refractivity contribution is 9.17. The maximum atomic E-state index is 4.63. The van der Waals surface area contributed by atoms with Crippen molar-refractivity contribution in [3.63, 3.8) is 0 Å². The highest BCUT2D eigenvalue weighted by Crippen LogP contribution is 2.77. The molecule has 6 rings (SSSR count). The Labute approximate surface area is 528 Å². The van der Waals surface area contributed by atoms with Crippen LogP contribution in [0.15, 0.2) is 156 Å². The summed E-state index contributed by atoms with van der Waals surface area (Å²) in [6.45, 7) is 0. The predicted octanol–water partition coefficient (Wildman–Crippen LogP) is 25.7. The Bertz CT molecular complexity index is 2480. The molecule has 0 heterocycles. The molecular formula is C42H18Br20. The highest BCUT2D eigenvalue weighted by atomic mass is 79.9. The van der Waals surface area contributed by atoms with Crippen molar-refractivity contribution < 1.29 is 0 Å². The van der Waals surface area contributed by atoms with Crippen LogP contribution in [-0.2, 0) is 5.41 Å². The normalized spacial score (nSPS) is 15.0. The van der Waals surface area contributed by atoms with E-state index in [1.54, 1.807) is 0 Å². The number of rotatable bonds is 11. The van der Waals surface area contributed by atoms with Crippen LogP contribution in [0, 0.1) is 5.41 Å². The first-order valence-electron chi connectivity index (χ1n) is 17.1. The largest absolute Gasteiger partial charge is 0.0831 e. The predicted molar refractivity (Wildman–Crippen MR) is 332 cm³/mol. The molecule has 0 aliphatic heterocycles. The molecule has 0 N–H and O–H groups in total. The van der Waals surface area contributed by atoms with Crippen molar-refractivity contribution in [3.05, 3.63) is 190 Å². The molecular weight excluding hydrogens is 2100 g/mol. The Morgan fingerprint density at radius 3 is 0.742 bits per heavy atom. The van der Waals surface area contributed by atoms with Crippen LogP contribution in [-0.4, -0.2) is 0 Å². The smallest absolute Gasteiger partial charge is 0.0551 e. The summed E-state index contributed by atoms with van der Waals surface area (Å²) in [4.78, 5) is -2.07. The van der Waals surface area contributed by atoms with Crippen molar-refractivity contribution in [1.29, 1.82) is 0 Å². The maximum Gasteiger partial charge on any atom is 0.0551 e. The second kappa shape index (κ2) is 23.4. The molecule has 0 spiro atoms. The van der Waals surface area contributed by atoms with Gasteiger partial charge in [0, 0.05) is 82.4 Å². The zero-order valence-corrected chi connectivity index (χ0v) is 61.7. The summed E-state index contributed by atoms with van der Waals surface area (Å²) in [5.41, 5.74) is 3.79. The third kappa shape index (κ3) is 10.1. The number of hydrogen-bond acceptors (Lipinski definition) is 0. The fourth-order valence-electron chi connectivity index (χ4n) is 7.67. The Kier molecular flexibility index (Phi) is 21.2. The second-order valence-electron chi connectivity index (χ2n) is 13.5. The summed E-state index contributed by atoms with van der Waals surface area (Å²) >= 11 is 81.7. The van der Waals surface area contributed by atoms with Crippen LogP contribution in [0.1, 0.15) is 52.7 Å². The lowest BCUT2D eigenvalue weighted by Gasteiger charge is -2.61. The van der Waals surface area contributed by atoms with Crippen molar-refractivity contribution in [3.8, 4) is 0 Å². The van der Waals surface area contributed by atoms with Gasteiger partial charge < -0.3 is 0 Å². The van der Waals surface area contributed by atoms with E-state index < -0.39 is 30.1 Å². The summed E-state index contributed by atoms with van der Waals surface area (Å²) in [5, 5.41) is 0. The molecule has 0 amide bonds. The van der Waals surface area contributed by atoms with Gasteiger partial charge in [-0.25, -0.2) is 0 Å². The van der Waals surface area contributed by atoms with Gasteiger partial charge in [-0.1, -0.05) is 124 Å². The van der Waals surface area contributed by atoms with Crippen LogP contribution < -0.4 is 0 Å². The molecule has 0 aliphatic rings. The summed E-state index contributed by atoms with van der Waals surface area (Å²) in [7, 11) is 0. The maximum absolute atomic E-state index is 4.63. The molecule has 0 saturated carbocycles. The Morgan fingerprint density at radius 1 is 0.274 bits per heavy atom. The van der Waals surface area contributed by atoms with Gasteiger partial charge in [0.1, 0.15) is 0 Å². The Balaban J connectivity index is 2.04. The molecule has 62 heavy (non-hydrogen) atoms. The van der Waals surface area contributed by atoms with Crippen LogP contribution >= 0.6 is 319 Å². The van der Waals surface area contributed by atoms with Crippen molar-refractivity contribution in [2.24, 2.45) is 5.41 Å². The molecule has 0 fully saturated rings. The van der Waals surface area contributed by atoms with Crippen molar-refractivity contribution in [1.82, 2.24) is 0 Å². The van der Waals surface area contributed by atoms with Crippen LogP contribution in [0.5, 0.6) is 0 Å². The highest BCUT2D eigenvalue weighted by Gasteiger charge is 2.68. The van der Waals surface area contributed by atoms with Gasteiger partial charge in [0.15, 0.2) is 0 Å². The van der Waals surface area contributed by atoms with Crippen molar-refractivity contribution >= 4 is 319 Å². The molecule has 4 atom stereocenters. The minimum absolute atomic E-state index is 0.488. The number of halogens is 20. The summed E-state index contributed by atoms with van der Waals surface area (Å²) in [5.74, 6) is 0. The zero-order valence-electron chi connectivity index (χ0n) is 30.0. The molecule has 0 bridgehead atoms. The molecule has 6 aromatic carbocycles. The summed E-state index contributed by atoms with van der Waals surface area (Å²) in [6.07, 6.45) is 0. The van der Waals surface area contributed by atoms with Gasteiger partial charge in [0.2, 0.25) is 0 Å². The summed E-state index contributed by atoms with van der Waals surface area (Å²) in [6, 6.07) is 30.2. The van der Waals surface area contributed by atoms with E-state index in [9.17, 15) is 0 Å². The zero-order chi connectivity index (χ0) is 45.9.